The van der Waals surface area contributed by atoms with E-state index in [4.69, 9.17) is 9.47 Å². The Morgan fingerprint density at radius 2 is 1.77 bits per heavy atom. The molecule has 3 heterocycles. The third-order valence-electron chi connectivity index (χ3n) is 7.42. The van der Waals surface area contributed by atoms with E-state index in [1.54, 1.807) is 6.92 Å². The van der Waals surface area contributed by atoms with E-state index in [9.17, 15) is 22.8 Å². The van der Waals surface area contributed by atoms with Crippen molar-refractivity contribution in [1.29, 1.82) is 0 Å². The van der Waals surface area contributed by atoms with E-state index >= 15 is 4.39 Å². The first-order chi connectivity index (χ1) is 18.9. The van der Waals surface area contributed by atoms with Gasteiger partial charge in [0.25, 0.3) is 0 Å². The van der Waals surface area contributed by atoms with Gasteiger partial charge in [-0.15, -0.1) is 0 Å². The number of carbonyl (C=O) groups is 2. The predicted molar refractivity (Wildman–Crippen MR) is 133 cm³/mol. The molecule has 212 valence electrons. The minimum atomic E-state index is -4.89. The van der Waals surface area contributed by atoms with E-state index in [0.29, 0.717) is 18.8 Å². The number of carbonyl (C=O) groups excluding carboxylic acids is 2. The number of rotatable bonds is 5. The van der Waals surface area contributed by atoms with E-state index in [1.165, 1.54) is 29.0 Å². The van der Waals surface area contributed by atoms with Gasteiger partial charge in [-0.3, -0.25) is 9.69 Å². The first kappa shape index (κ1) is 27.5. The highest BCUT2D eigenvalue weighted by Crippen LogP contribution is 2.42. The fourth-order valence-corrected chi connectivity index (χ4v) is 5.10. The molecule has 1 saturated carbocycles. The maximum atomic E-state index is 15.3. The molecular weight excluding hydrogens is 534 g/mol. The SMILES string of the molecule is CC1OC(=O)c2cc(Oc3ncc(C(C)n4nccn4)cc3C(F)(F)F)c(F)cc2N1C(=O)[C@H]1CC[C@H](C)CC1. The molecule has 0 saturated heterocycles. The van der Waals surface area contributed by atoms with Crippen molar-refractivity contribution in [2.24, 2.45) is 11.8 Å². The maximum absolute atomic E-state index is 15.3. The Labute approximate surface area is 227 Å². The minimum Gasteiger partial charge on any atom is -0.438 e. The molecule has 0 bridgehead atoms. The van der Waals surface area contributed by atoms with Crippen LogP contribution in [-0.2, 0) is 15.7 Å². The molecule has 2 unspecified atom stereocenters. The van der Waals surface area contributed by atoms with Gasteiger partial charge in [-0.25, -0.2) is 14.2 Å². The van der Waals surface area contributed by atoms with E-state index in [0.717, 1.165) is 37.2 Å². The number of hydrogen-bond donors (Lipinski definition) is 0. The third-order valence-corrected chi connectivity index (χ3v) is 7.42. The van der Waals surface area contributed by atoms with Gasteiger partial charge in [-0.2, -0.15) is 28.2 Å². The normalized spacial score (nSPS) is 21.9. The van der Waals surface area contributed by atoms with Gasteiger partial charge in [0, 0.05) is 24.2 Å². The molecule has 1 aliphatic heterocycles. The second-order valence-corrected chi connectivity index (χ2v) is 10.2. The van der Waals surface area contributed by atoms with Crippen LogP contribution in [-0.4, -0.2) is 38.1 Å². The molecule has 5 rings (SSSR count). The van der Waals surface area contributed by atoms with E-state index < -0.39 is 47.4 Å². The van der Waals surface area contributed by atoms with Crippen LogP contribution in [0, 0.1) is 17.7 Å². The molecule has 1 aliphatic carbocycles. The molecule has 0 radical (unpaired) electrons. The van der Waals surface area contributed by atoms with Gasteiger partial charge < -0.3 is 9.47 Å². The van der Waals surface area contributed by atoms with Crippen molar-refractivity contribution in [2.45, 2.75) is 64.9 Å². The molecule has 1 aromatic carbocycles. The molecule has 1 fully saturated rings. The molecule has 13 heteroatoms. The van der Waals surface area contributed by atoms with E-state index in [-0.39, 0.29) is 28.6 Å². The zero-order valence-corrected chi connectivity index (χ0v) is 22.0. The lowest BCUT2D eigenvalue weighted by atomic mass is 9.82. The van der Waals surface area contributed by atoms with Crippen molar-refractivity contribution in [2.75, 3.05) is 4.90 Å². The van der Waals surface area contributed by atoms with Crippen molar-refractivity contribution < 1.29 is 36.6 Å². The van der Waals surface area contributed by atoms with Crippen molar-refractivity contribution in [3.63, 3.8) is 0 Å². The molecule has 0 spiro atoms. The number of benzene rings is 1. The van der Waals surface area contributed by atoms with Crippen molar-refractivity contribution in [3.8, 4) is 11.6 Å². The summed E-state index contributed by atoms with van der Waals surface area (Å²) in [4.78, 5) is 32.4. The molecule has 0 N–H and O–H groups in total. The molecule has 1 amide bonds. The molecule has 2 atom stereocenters. The predicted octanol–water partition coefficient (Wildman–Crippen LogP) is 5.91. The number of ether oxygens (including phenoxy) is 2. The molecule has 40 heavy (non-hydrogen) atoms. The number of alkyl halides is 3. The second-order valence-electron chi connectivity index (χ2n) is 10.2. The third kappa shape index (κ3) is 5.24. The zero-order valence-electron chi connectivity index (χ0n) is 22.0. The van der Waals surface area contributed by atoms with Crippen molar-refractivity contribution in [1.82, 2.24) is 20.0 Å². The molecule has 2 aliphatic rings. The highest BCUT2D eigenvalue weighted by molar-refractivity contribution is 6.06. The number of pyridine rings is 1. The maximum Gasteiger partial charge on any atom is 0.421 e. The average Bonchev–Trinajstić information content (AvgIpc) is 3.44. The summed E-state index contributed by atoms with van der Waals surface area (Å²) in [5, 5.41) is 7.87. The largest absolute Gasteiger partial charge is 0.438 e. The summed E-state index contributed by atoms with van der Waals surface area (Å²) in [5.41, 5.74) is -1.32. The number of hydrogen-bond acceptors (Lipinski definition) is 7. The van der Waals surface area contributed by atoms with Gasteiger partial charge >= 0.3 is 12.1 Å². The lowest BCUT2D eigenvalue weighted by Crippen LogP contribution is -2.48. The smallest absolute Gasteiger partial charge is 0.421 e. The Morgan fingerprint density at radius 3 is 2.42 bits per heavy atom. The Morgan fingerprint density at radius 1 is 1.10 bits per heavy atom. The van der Waals surface area contributed by atoms with Gasteiger partial charge in [0.05, 0.1) is 29.7 Å². The Balaban J connectivity index is 1.48. The van der Waals surface area contributed by atoms with Crippen LogP contribution in [0.1, 0.15) is 74.0 Å². The van der Waals surface area contributed by atoms with Gasteiger partial charge in [0.2, 0.25) is 11.8 Å². The lowest BCUT2D eigenvalue weighted by Gasteiger charge is -2.37. The van der Waals surface area contributed by atoms with Crippen LogP contribution >= 0.6 is 0 Å². The van der Waals surface area contributed by atoms with Crippen LogP contribution in [0.5, 0.6) is 11.6 Å². The summed E-state index contributed by atoms with van der Waals surface area (Å²) in [5.74, 6) is -3.59. The standard InChI is InChI=1S/C27H27F4N5O4/c1-14-4-6-17(7-5-14)25(37)35-16(3)39-26(38)19-11-23(21(28)12-22(19)35)40-24-20(27(29,30)31)10-18(13-32-24)15(2)36-33-8-9-34-36/h8-17H,4-7H2,1-3H3/t14-,15?,16?,17-. The molecule has 9 nitrogen and oxygen atoms in total. The molecule has 3 aromatic rings. The zero-order chi connectivity index (χ0) is 28.8. The summed E-state index contributed by atoms with van der Waals surface area (Å²) in [6.07, 6.45) is 1.12. The number of fused-ring (bicyclic) bond motifs is 1. The minimum absolute atomic E-state index is 0.0166. The fourth-order valence-electron chi connectivity index (χ4n) is 5.10. The van der Waals surface area contributed by atoms with Crippen molar-refractivity contribution >= 4 is 17.6 Å². The fraction of sp³-hybridized carbons (Fsp3) is 0.444. The highest BCUT2D eigenvalue weighted by atomic mass is 19.4. The quantitative estimate of drug-likeness (QED) is 0.282. The number of nitrogens with zero attached hydrogens (tertiary/aromatic N) is 5. The first-order valence-corrected chi connectivity index (χ1v) is 12.9. The topological polar surface area (TPSA) is 99.4 Å². The van der Waals surface area contributed by atoms with Crippen LogP contribution in [0.2, 0.25) is 0 Å². The van der Waals surface area contributed by atoms with Crippen LogP contribution in [0.15, 0.2) is 36.8 Å². The van der Waals surface area contributed by atoms with Crippen LogP contribution in [0.25, 0.3) is 0 Å². The van der Waals surface area contributed by atoms with Gasteiger partial charge in [-0.1, -0.05) is 6.92 Å². The first-order valence-electron chi connectivity index (χ1n) is 12.9. The number of anilines is 1. The highest BCUT2D eigenvalue weighted by Gasteiger charge is 2.40. The summed E-state index contributed by atoms with van der Waals surface area (Å²) in [7, 11) is 0. The van der Waals surface area contributed by atoms with E-state index in [1.807, 2.05) is 0 Å². The van der Waals surface area contributed by atoms with Crippen LogP contribution in [0.3, 0.4) is 0 Å². The summed E-state index contributed by atoms with van der Waals surface area (Å²) in [6, 6.07) is 2.01. The monoisotopic (exact) mass is 561 g/mol. The summed E-state index contributed by atoms with van der Waals surface area (Å²) in [6.45, 7) is 5.21. The molecule has 2 aromatic heterocycles. The Kier molecular flexibility index (Phi) is 7.23. The number of esters is 1. The van der Waals surface area contributed by atoms with Gasteiger partial charge in [0.1, 0.15) is 5.56 Å². The van der Waals surface area contributed by atoms with Crippen LogP contribution < -0.4 is 9.64 Å². The average molecular weight is 562 g/mol. The summed E-state index contributed by atoms with van der Waals surface area (Å²) < 4.78 is 67.9. The van der Waals surface area contributed by atoms with E-state index in [2.05, 4.69) is 22.1 Å². The Hall–Kier alpha value is -4.03. The van der Waals surface area contributed by atoms with Crippen LogP contribution in [0.4, 0.5) is 23.2 Å². The number of cyclic esters (lactones) is 1. The molecular formula is C27H27F4N5O4. The summed E-state index contributed by atoms with van der Waals surface area (Å²) >= 11 is 0. The number of amides is 1. The Bertz CT molecular complexity index is 1420. The van der Waals surface area contributed by atoms with Gasteiger partial charge in [-0.05, 0) is 57.1 Å². The second kappa shape index (κ2) is 10.5. The van der Waals surface area contributed by atoms with Crippen molar-refractivity contribution in [3.05, 3.63) is 59.3 Å². The number of aromatic nitrogens is 4. The number of halogens is 4. The lowest BCUT2D eigenvalue weighted by molar-refractivity contribution is -0.139. The van der Waals surface area contributed by atoms with Gasteiger partial charge in [0.15, 0.2) is 17.8 Å².